The van der Waals surface area contributed by atoms with E-state index in [2.05, 4.69) is 11.4 Å². The molecule has 1 unspecified atom stereocenters. The third kappa shape index (κ3) is 2.89. The molecule has 1 aromatic rings. The van der Waals surface area contributed by atoms with Crippen molar-refractivity contribution < 1.29 is 9.59 Å². The molecule has 110 valence electrons. The van der Waals surface area contributed by atoms with Crippen molar-refractivity contribution in [1.29, 1.82) is 5.26 Å². The summed E-state index contributed by atoms with van der Waals surface area (Å²) >= 11 is 0. The lowest BCUT2D eigenvalue weighted by Crippen LogP contribution is -2.44. The van der Waals surface area contributed by atoms with E-state index in [1.165, 1.54) is 4.90 Å². The number of carbonyl (C=O) groups is 2. The van der Waals surface area contributed by atoms with Gasteiger partial charge in [0.2, 0.25) is 0 Å². The Morgan fingerprint density at radius 3 is 2.62 bits per heavy atom. The van der Waals surface area contributed by atoms with Crippen molar-refractivity contribution in [3.05, 3.63) is 35.4 Å². The van der Waals surface area contributed by atoms with Gasteiger partial charge in [-0.05, 0) is 30.9 Å². The number of benzene rings is 1. The van der Waals surface area contributed by atoms with E-state index < -0.39 is 11.6 Å². The number of carbonyl (C=O) groups excluding carboxylic acids is 2. The fraction of sp³-hybridized carbons (Fsp3) is 0.438. The van der Waals surface area contributed by atoms with Gasteiger partial charge in [-0.15, -0.1) is 0 Å². The molecule has 5 nitrogen and oxygen atoms in total. The van der Waals surface area contributed by atoms with Gasteiger partial charge < -0.3 is 5.32 Å². The number of nitrogens with one attached hydrogen (secondary N) is 1. The maximum atomic E-state index is 12.5. The Morgan fingerprint density at radius 1 is 1.33 bits per heavy atom. The van der Waals surface area contributed by atoms with Gasteiger partial charge in [-0.1, -0.05) is 32.0 Å². The van der Waals surface area contributed by atoms with Crippen LogP contribution in [0.5, 0.6) is 0 Å². The molecule has 0 aliphatic carbocycles. The highest BCUT2D eigenvalue weighted by Gasteiger charge is 2.47. The number of imide groups is 1. The number of hydrogen-bond acceptors (Lipinski definition) is 3. The molecule has 1 aromatic carbocycles. The van der Waals surface area contributed by atoms with Crippen LogP contribution in [0.3, 0.4) is 0 Å². The number of urea groups is 1. The summed E-state index contributed by atoms with van der Waals surface area (Å²) in [5.74, 6) is 0.0690. The Kier molecular flexibility index (Phi) is 3.99. The van der Waals surface area contributed by atoms with Crippen molar-refractivity contribution in [1.82, 2.24) is 10.2 Å². The molecule has 0 spiro atoms. The first-order valence-electron chi connectivity index (χ1n) is 6.99. The molecule has 1 heterocycles. The van der Waals surface area contributed by atoms with Crippen molar-refractivity contribution in [3.8, 4) is 6.07 Å². The summed E-state index contributed by atoms with van der Waals surface area (Å²) in [6.45, 7) is 5.90. The maximum Gasteiger partial charge on any atom is 0.325 e. The lowest BCUT2D eigenvalue weighted by atomic mass is 9.91. The first-order valence-corrected chi connectivity index (χ1v) is 6.99. The van der Waals surface area contributed by atoms with Gasteiger partial charge in [-0.3, -0.25) is 9.69 Å². The van der Waals surface area contributed by atoms with Gasteiger partial charge in [0, 0.05) is 0 Å². The summed E-state index contributed by atoms with van der Waals surface area (Å²) < 4.78 is 0. The minimum Gasteiger partial charge on any atom is -0.323 e. The van der Waals surface area contributed by atoms with Crippen molar-refractivity contribution in [2.45, 2.75) is 39.3 Å². The summed E-state index contributed by atoms with van der Waals surface area (Å²) in [5, 5.41) is 11.9. The third-order valence-electron chi connectivity index (χ3n) is 3.63. The highest BCUT2D eigenvalue weighted by atomic mass is 16.2. The third-order valence-corrected chi connectivity index (χ3v) is 3.63. The van der Waals surface area contributed by atoms with E-state index >= 15 is 0 Å². The van der Waals surface area contributed by atoms with E-state index in [1.807, 2.05) is 13.8 Å². The minimum absolute atomic E-state index is 0.127. The summed E-state index contributed by atoms with van der Waals surface area (Å²) in [4.78, 5) is 25.8. The first-order chi connectivity index (χ1) is 9.87. The normalized spacial score (nSPS) is 21.6. The zero-order valence-corrected chi connectivity index (χ0v) is 12.5. The van der Waals surface area contributed by atoms with Crippen LogP contribution in [0.15, 0.2) is 24.3 Å². The molecule has 0 bridgehead atoms. The SMILES string of the molecule is CC(C)CC1(C)NC(=O)N(Cc2ccccc2C#N)C1=O. The molecular formula is C16H19N3O2. The molecule has 5 heteroatoms. The summed E-state index contributed by atoms with van der Waals surface area (Å²) in [7, 11) is 0. The fourth-order valence-electron chi connectivity index (χ4n) is 2.78. The van der Waals surface area contributed by atoms with Crippen molar-refractivity contribution in [3.63, 3.8) is 0 Å². The second kappa shape index (κ2) is 5.57. The quantitative estimate of drug-likeness (QED) is 0.863. The number of hydrogen-bond donors (Lipinski definition) is 1. The zero-order valence-electron chi connectivity index (χ0n) is 12.5. The van der Waals surface area contributed by atoms with Crippen LogP contribution in [-0.4, -0.2) is 22.4 Å². The van der Waals surface area contributed by atoms with Crippen LogP contribution < -0.4 is 5.32 Å². The lowest BCUT2D eigenvalue weighted by molar-refractivity contribution is -0.131. The molecule has 1 aliphatic rings. The van der Waals surface area contributed by atoms with Crippen LogP contribution in [0.1, 0.15) is 38.3 Å². The largest absolute Gasteiger partial charge is 0.325 e. The fourth-order valence-corrected chi connectivity index (χ4v) is 2.78. The summed E-state index contributed by atoms with van der Waals surface area (Å²) in [5.41, 5.74) is 0.306. The van der Waals surface area contributed by atoms with Gasteiger partial charge in [-0.2, -0.15) is 5.26 Å². The molecule has 1 saturated heterocycles. The molecule has 1 fully saturated rings. The Bertz CT molecular complexity index is 618. The van der Waals surface area contributed by atoms with Crippen molar-refractivity contribution in [2.24, 2.45) is 5.92 Å². The van der Waals surface area contributed by atoms with E-state index in [-0.39, 0.29) is 12.5 Å². The highest BCUT2D eigenvalue weighted by molar-refractivity contribution is 6.06. The first kappa shape index (κ1) is 15.0. The van der Waals surface area contributed by atoms with Crippen LogP contribution >= 0.6 is 0 Å². The van der Waals surface area contributed by atoms with Crippen LogP contribution in [0, 0.1) is 17.2 Å². The number of rotatable bonds is 4. The minimum atomic E-state index is -0.854. The molecular weight excluding hydrogens is 266 g/mol. The molecule has 1 N–H and O–H groups in total. The van der Waals surface area contributed by atoms with E-state index in [0.717, 1.165) is 0 Å². The van der Waals surface area contributed by atoms with Crippen LogP contribution in [0.4, 0.5) is 4.79 Å². The maximum absolute atomic E-state index is 12.5. The van der Waals surface area contributed by atoms with Gasteiger partial charge >= 0.3 is 6.03 Å². The Labute approximate surface area is 124 Å². The van der Waals surface area contributed by atoms with Crippen LogP contribution in [-0.2, 0) is 11.3 Å². The monoisotopic (exact) mass is 285 g/mol. The van der Waals surface area contributed by atoms with E-state index in [1.54, 1.807) is 31.2 Å². The Balaban J connectivity index is 2.24. The molecule has 21 heavy (non-hydrogen) atoms. The average molecular weight is 285 g/mol. The predicted molar refractivity (Wildman–Crippen MR) is 78.1 cm³/mol. The van der Waals surface area contributed by atoms with Crippen molar-refractivity contribution in [2.75, 3.05) is 0 Å². The lowest BCUT2D eigenvalue weighted by Gasteiger charge is -2.23. The summed E-state index contributed by atoms with van der Waals surface area (Å²) in [6.07, 6.45) is 0.591. The predicted octanol–water partition coefficient (Wildman–Crippen LogP) is 2.41. The molecule has 0 saturated carbocycles. The van der Waals surface area contributed by atoms with E-state index in [0.29, 0.717) is 23.5 Å². The average Bonchev–Trinajstić information content (AvgIpc) is 2.62. The number of nitriles is 1. The van der Waals surface area contributed by atoms with Gasteiger partial charge in [0.15, 0.2) is 0 Å². The van der Waals surface area contributed by atoms with Gasteiger partial charge in [0.25, 0.3) is 5.91 Å². The highest BCUT2D eigenvalue weighted by Crippen LogP contribution is 2.26. The molecule has 1 atom stereocenters. The Morgan fingerprint density at radius 2 is 2.00 bits per heavy atom. The van der Waals surface area contributed by atoms with Gasteiger partial charge in [0.05, 0.1) is 18.2 Å². The molecule has 0 radical (unpaired) electrons. The van der Waals surface area contributed by atoms with Crippen LogP contribution in [0.25, 0.3) is 0 Å². The second-order valence-corrected chi connectivity index (χ2v) is 6.02. The molecule has 0 aromatic heterocycles. The summed E-state index contributed by atoms with van der Waals surface area (Å²) in [6, 6.07) is 8.69. The van der Waals surface area contributed by atoms with Gasteiger partial charge in [-0.25, -0.2) is 4.79 Å². The van der Waals surface area contributed by atoms with Crippen LogP contribution in [0.2, 0.25) is 0 Å². The topological polar surface area (TPSA) is 73.2 Å². The number of amides is 3. The molecule has 3 amide bonds. The standard InChI is InChI=1S/C16H19N3O2/c1-11(2)8-16(3)14(20)19(15(21)18-16)10-13-7-5-4-6-12(13)9-17/h4-7,11H,8,10H2,1-3H3,(H,18,21). The second-order valence-electron chi connectivity index (χ2n) is 6.02. The van der Waals surface area contributed by atoms with Crippen molar-refractivity contribution >= 4 is 11.9 Å². The van der Waals surface area contributed by atoms with Gasteiger partial charge in [0.1, 0.15) is 5.54 Å². The zero-order chi connectivity index (χ0) is 15.6. The van der Waals surface area contributed by atoms with E-state index in [4.69, 9.17) is 5.26 Å². The van der Waals surface area contributed by atoms with E-state index in [9.17, 15) is 9.59 Å². The molecule has 1 aliphatic heterocycles. The number of nitrogens with zero attached hydrogens (tertiary/aromatic N) is 2. The Hall–Kier alpha value is -2.35. The molecule has 2 rings (SSSR count). The smallest absolute Gasteiger partial charge is 0.323 e.